The van der Waals surface area contributed by atoms with E-state index in [1.54, 1.807) is 0 Å². The first-order chi connectivity index (χ1) is 6.19. The van der Waals surface area contributed by atoms with Crippen LogP contribution in [0.15, 0.2) is 11.2 Å². The fourth-order valence-corrected chi connectivity index (χ4v) is 1.83. The molecule has 13 heavy (non-hydrogen) atoms. The number of thiophene rings is 1. The van der Waals surface area contributed by atoms with E-state index in [4.69, 9.17) is 15.7 Å². The standard InChI is InChI=1S/C8H12N2O2S/c1-3-12-6-4-5(2)13-7(6)8(9)10-11/h4,11H,3H2,1-2H3,(H2,9,10). The summed E-state index contributed by atoms with van der Waals surface area (Å²) in [5.41, 5.74) is 5.47. The molecule has 1 heterocycles. The molecule has 1 rings (SSSR count). The SMILES string of the molecule is CCOc1cc(C)sc1/C(N)=N/O. The molecule has 0 aromatic carbocycles. The Kier molecular flexibility index (Phi) is 3.13. The van der Waals surface area contributed by atoms with Crippen LogP contribution < -0.4 is 10.5 Å². The topological polar surface area (TPSA) is 67.8 Å². The van der Waals surface area contributed by atoms with E-state index in [1.165, 1.54) is 11.3 Å². The summed E-state index contributed by atoms with van der Waals surface area (Å²) in [6.45, 7) is 4.41. The summed E-state index contributed by atoms with van der Waals surface area (Å²) in [6.07, 6.45) is 0. The first-order valence-corrected chi connectivity index (χ1v) is 4.71. The number of nitrogens with two attached hydrogens (primary N) is 1. The summed E-state index contributed by atoms with van der Waals surface area (Å²) < 4.78 is 5.32. The van der Waals surface area contributed by atoms with Gasteiger partial charge in [-0.25, -0.2) is 0 Å². The Morgan fingerprint density at radius 1 is 1.77 bits per heavy atom. The zero-order chi connectivity index (χ0) is 9.84. The van der Waals surface area contributed by atoms with Crippen LogP contribution in [0.5, 0.6) is 5.75 Å². The van der Waals surface area contributed by atoms with Crippen LogP contribution in [-0.2, 0) is 0 Å². The molecular weight excluding hydrogens is 188 g/mol. The van der Waals surface area contributed by atoms with Gasteiger partial charge in [0.1, 0.15) is 10.6 Å². The lowest BCUT2D eigenvalue weighted by molar-refractivity contribution is 0.317. The Morgan fingerprint density at radius 3 is 3.00 bits per heavy atom. The van der Waals surface area contributed by atoms with Gasteiger partial charge in [0, 0.05) is 4.88 Å². The Hall–Kier alpha value is -1.23. The molecule has 5 heteroatoms. The first kappa shape index (κ1) is 9.85. The molecule has 0 saturated carbocycles. The molecule has 0 bridgehead atoms. The van der Waals surface area contributed by atoms with Crippen molar-refractivity contribution >= 4 is 17.2 Å². The fraction of sp³-hybridized carbons (Fsp3) is 0.375. The third-order valence-electron chi connectivity index (χ3n) is 1.46. The first-order valence-electron chi connectivity index (χ1n) is 3.90. The van der Waals surface area contributed by atoms with Crippen molar-refractivity contribution < 1.29 is 9.94 Å². The van der Waals surface area contributed by atoms with Crippen LogP contribution in [0.1, 0.15) is 16.7 Å². The Bertz CT molecular complexity index is 320. The number of hydrogen-bond donors (Lipinski definition) is 2. The van der Waals surface area contributed by atoms with Gasteiger partial charge in [-0.2, -0.15) is 0 Å². The summed E-state index contributed by atoms with van der Waals surface area (Å²) in [6, 6.07) is 1.88. The minimum absolute atomic E-state index is 0.0987. The largest absolute Gasteiger partial charge is 0.492 e. The second-order valence-corrected chi connectivity index (χ2v) is 3.73. The average Bonchev–Trinajstić information content (AvgIpc) is 2.46. The third kappa shape index (κ3) is 2.12. The number of nitrogens with zero attached hydrogens (tertiary/aromatic N) is 1. The number of amidine groups is 1. The molecule has 3 N–H and O–H groups in total. The van der Waals surface area contributed by atoms with Gasteiger partial charge in [0.05, 0.1) is 6.61 Å². The molecule has 0 aliphatic rings. The minimum Gasteiger partial charge on any atom is -0.492 e. The second kappa shape index (κ2) is 4.13. The van der Waals surface area contributed by atoms with Gasteiger partial charge in [-0.3, -0.25) is 0 Å². The average molecular weight is 200 g/mol. The molecule has 0 atom stereocenters. The van der Waals surface area contributed by atoms with Gasteiger partial charge in [-0.15, -0.1) is 11.3 Å². The van der Waals surface area contributed by atoms with E-state index in [2.05, 4.69) is 5.16 Å². The molecule has 0 unspecified atom stereocenters. The summed E-state index contributed by atoms with van der Waals surface area (Å²) in [5, 5.41) is 11.4. The number of aryl methyl sites for hydroxylation is 1. The molecule has 0 aliphatic heterocycles. The minimum atomic E-state index is 0.0987. The zero-order valence-electron chi connectivity index (χ0n) is 7.57. The number of oxime groups is 1. The normalized spacial score (nSPS) is 11.7. The highest BCUT2D eigenvalue weighted by Gasteiger charge is 2.11. The quantitative estimate of drug-likeness (QED) is 0.336. The summed E-state index contributed by atoms with van der Waals surface area (Å²) in [7, 11) is 0. The fourth-order valence-electron chi connectivity index (χ4n) is 0.978. The Morgan fingerprint density at radius 2 is 2.46 bits per heavy atom. The van der Waals surface area contributed by atoms with Crippen LogP contribution in [0.3, 0.4) is 0 Å². The lowest BCUT2D eigenvalue weighted by Gasteiger charge is -2.01. The number of rotatable bonds is 3. The van der Waals surface area contributed by atoms with E-state index in [-0.39, 0.29) is 5.84 Å². The molecule has 0 aliphatic carbocycles. The van der Waals surface area contributed by atoms with Crippen molar-refractivity contribution in [3.63, 3.8) is 0 Å². The maximum absolute atomic E-state index is 8.50. The molecule has 0 saturated heterocycles. The summed E-state index contributed by atoms with van der Waals surface area (Å²) >= 11 is 1.45. The summed E-state index contributed by atoms with van der Waals surface area (Å²) in [5.74, 6) is 0.779. The van der Waals surface area contributed by atoms with Crippen LogP contribution in [0.25, 0.3) is 0 Å². The van der Waals surface area contributed by atoms with Crippen molar-refractivity contribution in [3.05, 3.63) is 15.8 Å². The third-order valence-corrected chi connectivity index (χ3v) is 2.52. The van der Waals surface area contributed by atoms with Gasteiger partial charge in [0.15, 0.2) is 5.84 Å². The van der Waals surface area contributed by atoms with E-state index in [0.29, 0.717) is 17.2 Å². The van der Waals surface area contributed by atoms with Crippen molar-refractivity contribution in [2.45, 2.75) is 13.8 Å². The van der Waals surface area contributed by atoms with E-state index in [1.807, 2.05) is 19.9 Å². The van der Waals surface area contributed by atoms with E-state index in [0.717, 1.165) is 4.88 Å². The predicted molar refractivity (Wildman–Crippen MR) is 52.7 cm³/mol. The summed E-state index contributed by atoms with van der Waals surface area (Å²) in [4.78, 5) is 1.76. The number of hydrogen-bond acceptors (Lipinski definition) is 4. The zero-order valence-corrected chi connectivity index (χ0v) is 8.39. The van der Waals surface area contributed by atoms with Crippen molar-refractivity contribution in [1.29, 1.82) is 0 Å². The molecule has 0 spiro atoms. The van der Waals surface area contributed by atoms with Crippen LogP contribution in [0.4, 0.5) is 0 Å². The Balaban J connectivity index is 3.04. The smallest absolute Gasteiger partial charge is 0.184 e. The highest BCUT2D eigenvalue weighted by atomic mass is 32.1. The molecule has 0 fully saturated rings. The number of ether oxygens (including phenoxy) is 1. The van der Waals surface area contributed by atoms with Crippen LogP contribution >= 0.6 is 11.3 Å². The molecule has 0 amide bonds. The lowest BCUT2D eigenvalue weighted by atomic mass is 10.4. The predicted octanol–water partition coefficient (Wildman–Crippen LogP) is 1.55. The molecule has 1 aromatic rings. The Labute approximate surface area is 80.6 Å². The van der Waals surface area contributed by atoms with E-state index >= 15 is 0 Å². The highest BCUT2D eigenvalue weighted by molar-refractivity contribution is 7.14. The molecule has 1 aromatic heterocycles. The van der Waals surface area contributed by atoms with Gasteiger partial charge in [-0.1, -0.05) is 5.16 Å². The lowest BCUT2D eigenvalue weighted by Crippen LogP contribution is -2.12. The van der Waals surface area contributed by atoms with Crippen molar-refractivity contribution in [1.82, 2.24) is 0 Å². The van der Waals surface area contributed by atoms with Crippen LogP contribution in [-0.4, -0.2) is 17.6 Å². The van der Waals surface area contributed by atoms with Gasteiger partial charge < -0.3 is 15.7 Å². The van der Waals surface area contributed by atoms with E-state index < -0.39 is 0 Å². The van der Waals surface area contributed by atoms with Gasteiger partial charge in [0.25, 0.3) is 0 Å². The maximum Gasteiger partial charge on any atom is 0.184 e. The molecular formula is C8H12N2O2S. The maximum atomic E-state index is 8.50. The molecule has 72 valence electrons. The van der Waals surface area contributed by atoms with Crippen LogP contribution in [0.2, 0.25) is 0 Å². The van der Waals surface area contributed by atoms with Crippen molar-refractivity contribution in [2.24, 2.45) is 10.9 Å². The van der Waals surface area contributed by atoms with Gasteiger partial charge >= 0.3 is 0 Å². The molecule has 0 radical (unpaired) electrons. The van der Waals surface area contributed by atoms with Crippen molar-refractivity contribution in [3.8, 4) is 5.75 Å². The van der Waals surface area contributed by atoms with Gasteiger partial charge in [-0.05, 0) is 19.9 Å². The van der Waals surface area contributed by atoms with Gasteiger partial charge in [0.2, 0.25) is 0 Å². The highest BCUT2D eigenvalue weighted by Crippen LogP contribution is 2.28. The van der Waals surface area contributed by atoms with E-state index in [9.17, 15) is 0 Å². The van der Waals surface area contributed by atoms with Crippen molar-refractivity contribution in [2.75, 3.05) is 6.61 Å². The van der Waals surface area contributed by atoms with Crippen LogP contribution in [0, 0.1) is 6.92 Å². The second-order valence-electron chi connectivity index (χ2n) is 2.47. The molecule has 4 nitrogen and oxygen atoms in total. The monoisotopic (exact) mass is 200 g/mol.